The van der Waals surface area contributed by atoms with Crippen molar-refractivity contribution in [3.05, 3.63) is 35.4 Å². The van der Waals surface area contributed by atoms with E-state index < -0.39 is 28.4 Å². The van der Waals surface area contributed by atoms with Crippen LogP contribution in [0, 0.1) is 5.41 Å². The second kappa shape index (κ2) is 9.68. The number of hydrogen-bond acceptors (Lipinski definition) is 5. The molecule has 0 bridgehead atoms. The maximum atomic E-state index is 12.4. The van der Waals surface area contributed by atoms with Gasteiger partial charge in [0.25, 0.3) is 0 Å². The third kappa shape index (κ3) is 6.96. The minimum atomic E-state index is -1.46. The highest BCUT2D eigenvalue weighted by atomic mass is 32.2. The zero-order chi connectivity index (χ0) is 19.0. The molecular formula is C18H27NO5S. The SMILES string of the molecule is CCOC(=O)c1ccc(C[S@](=O)N[C@H](C(=O)OCC)C(C)(C)C)cc1. The lowest BCUT2D eigenvalue weighted by Crippen LogP contribution is -2.48. The molecule has 0 heterocycles. The van der Waals surface area contributed by atoms with Crippen molar-refractivity contribution in [3.63, 3.8) is 0 Å². The summed E-state index contributed by atoms with van der Waals surface area (Å²) in [6, 6.07) is 6.05. The van der Waals surface area contributed by atoms with E-state index in [1.165, 1.54) is 0 Å². The number of carbonyl (C=O) groups is 2. The standard InChI is InChI=1S/C18H27NO5S/c1-6-23-16(20)14-10-8-13(9-11-14)12-25(22)19-15(18(3,4)5)17(21)24-7-2/h8-11,15,19H,6-7,12H2,1-5H3/t15-,25+/m1/s1. The predicted octanol–water partition coefficient (Wildman–Crippen LogP) is 2.59. The van der Waals surface area contributed by atoms with E-state index in [4.69, 9.17) is 9.47 Å². The van der Waals surface area contributed by atoms with Gasteiger partial charge in [0.15, 0.2) is 0 Å². The molecule has 0 amide bonds. The zero-order valence-electron chi connectivity index (χ0n) is 15.5. The molecule has 1 aromatic rings. The summed E-state index contributed by atoms with van der Waals surface area (Å²) < 4.78 is 25.2. The van der Waals surface area contributed by atoms with Gasteiger partial charge in [-0.2, -0.15) is 0 Å². The highest BCUT2D eigenvalue weighted by molar-refractivity contribution is 7.82. The first-order valence-corrected chi connectivity index (χ1v) is 9.58. The van der Waals surface area contributed by atoms with E-state index in [1.807, 2.05) is 20.8 Å². The van der Waals surface area contributed by atoms with Crippen LogP contribution < -0.4 is 4.72 Å². The maximum absolute atomic E-state index is 12.4. The summed E-state index contributed by atoms with van der Waals surface area (Å²) in [5, 5.41) is 0. The Morgan fingerprint density at radius 1 is 1.08 bits per heavy atom. The maximum Gasteiger partial charge on any atom is 0.338 e. The van der Waals surface area contributed by atoms with Gasteiger partial charge in [-0.1, -0.05) is 32.9 Å². The number of carbonyl (C=O) groups excluding carboxylic acids is 2. The van der Waals surface area contributed by atoms with Crippen molar-refractivity contribution in [2.75, 3.05) is 13.2 Å². The van der Waals surface area contributed by atoms with Crippen molar-refractivity contribution < 1.29 is 23.3 Å². The van der Waals surface area contributed by atoms with Gasteiger partial charge in [-0.25, -0.2) is 13.7 Å². The van der Waals surface area contributed by atoms with E-state index in [1.54, 1.807) is 38.1 Å². The second-order valence-electron chi connectivity index (χ2n) is 6.58. The number of ether oxygens (including phenoxy) is 2. The van der Waals surface area contributed by atoms with Gasteiger partial charge in [-0.15, -0.1) is 0 Å². The quantitative estimate of drug-likeness (QED) is 0.712. The Labute approximate surface area is 151 Å². The molecule has 0 radical (unpaired) electrons. The molecule has 0 aliphatic carbocycles. The van der Waals surface area contributed by atoms with Gasteiger partial charge in [0.2, 0.25) is 0 Å². The van der Waals surface area contributed by atoms with Crippen molar-refractivity contribution in [2.24, 2.45) is 5.41 Å². The van der Waals surface area contributed by atoms with Crippen molar-refractivity contribution in [1.29, 1.82) is 0 Å². The van der Waals surface area contributed by atoms with Gasteiger partial charge in [0.05, 0.1) is 35.5 Å². The van der Waals surface area contributed by atoms with E-state index in [2.05, 4.69) is 4.72 Å². The number of esters is 2. The van der Waals surface area contributed by atoms with Gasteiger partial charge >= 0.3 is 11.9 Å². The predicted molar refractivity (Wildman–Crippen MR) is 97.3 cm³/mol. The molecule has 1 rings (SSSR count). The van der Waals surface area contributed by atoms with E-state index in [9.17, 15) is 13.8 Å². The van der Waals surface area contributed by atoms with Crippen LogP contribution in [0.4, 0.5) is 0 Å². The molecule has 0 aliphatic heterocycles. The number of rotatable bonds is 8. The zero-order valence-corrected chi connectivity index (χ0v) is 16.3. The highest BCUT2D eigenvalue weighted by Gasteiger charge is 2.33. The minimum Gasteiger partial charge on any atom is -0.465 e. The van der Waals surface area contributed by atoms with Gasteiger partial charge in [-0.05, 0) is 37.0 Å². The van der Waals surface area contributed by atoms with E-state index in [0.717, 1.165) is 5.56 Å². The smallest absolute Gasteiger partial charge is 0.338 e. The average Bonchev–Trinajstić information content (AvgIpc) is 2.52. The Morgan fingerprint density at radius 2 is 1.64 bits per heavy atom. The lowest BCUT2D eigenvalue weighted by molar-refractivity contribution is -0.147. The number of benzene rings is 1. The van der Waals surface area contributed by atoms with Crippen LogP contribution in [-0.4, -0.2) is 35.4 Å². The summed E-state index contributed by atoms with van der Waals surface area (Å²) in [5.41, 5.74) is 0.800. The third-order valence-corrected chi connectivity index (χ3v) is 4.49. The van der Waals surface area contributed by atoms with Crippen LogP contribution in [0.1, 0.15) is 50.5 Å². The second-order valence-corrected chi connectivity index (χ2v) is 7.79. The van der Waals surface area contributed by atoms with E-state index in [0.29, 0.717) is 12.2 Å². The summed E-state index contributed by atoms with van der Waals surface area (Å²) in [4.78, 5) is 23.7. The topological polar surface area (TPSA) is 81.7 Å². The number of nitrogens with one attached hydrogen (secondary N) is 1. The van der Waals surface area contributed by atoms with Crippen molar-refractivity contribution >= 4 is 22.9 Å². The van der Waals surface area contributed by atoms with Crippen LogP contribution in [0.2, 0.25) is 0 Å². The van der Waals surface area contributed by atoms with Crippen molar-refractivity contribution in [1.82, 2.24) is 4.72 Å². The van der Waals surface area contributed by atoms with Crippen LogP contribution in [0.15, 0.2) is 24.3 Å². The molecule has 0 aromatic heterocycles. The molecule has 2 atom stereocenters. The average molecular weight is 369 g/mol. The Balaban J connectivity index is 2.74. The molecule has 1 N–H and O–H groups in total. The normalized spacial score (nSPS) is 13.8. The highest BCUT2D eigenvalue weighted by Crippen LogP contribution is 2.21. The van der Waals surface area contributed by atoms with Crippen LogP contribution in [0.3, 0.4) is 0 Å². The summed E-state index contributed by atoms with van der Waals surface area (Å²) in [7, 11) is -1.46. The van der Waals surface area contributed by atoms with Gasteiger partial charge in [0, 0.05) is 0 Å². The molecule has 0 saturated heterocycles. The fourth-order valence-corrected chi connectivity index (χ4v) is 3.37. The van der Waals surface area contributed by atoms with Crippen molar-refractivity contribution in [2.45, 2.75) is 46.4 Å². The van der Waals surface area contributed by atoms with Crippen molar-refractivity contribution in [3.8, 4) is 0 Å². The van der Waals surface area contributed by atoms with E-state index in [-0.39, 0.29) is 18.3 Å². The molecule has 6 nitrogen and oxygen atoms in total. The molecular weight excluding hydrogens is 342 g/mol. The van der Waals surface area contributed by atoms with Gasteiger partial charge in [-0.3, -0.25) is 4.79 Å². The first-order chi connectivity index (χ1) is 11.7. The van der Waals surface area contributed by atoms with Gasteiger partial charge < -0.3 is 9.47 Å². The van der Waals surface area contributed by atoms with Crippen LogP contribution in [0.5, 0.6) is 0 Å². The fraction of sp³-hybridized carbons (Fsp3) is 0.556. The minimum absolute atomic E-state index is 0.217. The molecule has 0 aliphatic rings. The van der Waals surface area contributed by atoms with Crippen LogP contribution in [-0.2, 0) is 31.0 Å². The Hall–Kier alpha value is -1.73. The monoisotopic (exact) mass is 369 g/mol. The first-order valence-electron chi connectivity index (χ1n) is 8.26. The molecule has 0 unspecified atom stereocenters. The molecule has 0 spiro atoms. The van der Waals surface area contributed by atoms with Gasteiger partial charge in [0.1, 0.15) is 6.04 Å². The summed E-state index contributed by atoms with van der Waals surface area (Å²) in [6.45, 7) is 9.72. The molecule has 0 saturated carbocycles. The summed E-state index contributed by atoms with van der Waals surface area (Å²) in [5.74, 6) is -0.584. The third-order valence-electron chi connectivity index (χ3n) is 3.40. The fourth-order valence-electron chi connectivity index (χ4n) is 2.08. The summed E-state index contributed by atoms with van der Waals surface area (Å²) >= 11 is 0. The largest absolute Gasteiger partial charge is 0.465 e. The van der Waals surface area contributed by atoms with E-state index >= 15 is 0 Å². The molecule has 25 heavy (non-hydrogen) atoms. The lowest BCUT2D eigenvalue weighted by atomic mass is 9.87. The Kier molecular flexibility index (Phi) is 8.25. The Morgan fingerprint density at radius 3 is 2.12 bits per heavy atom. The molecule has 1 aromatic carbocycles. The molecule has 0 fully saturated rings. The van der Waals surface area contributed by atoms with Crippen LogP contribution >= 0.6 is 0 Å². The van der Waals surface area contributed by atoms with Crippen LogP contribution in [0.25, 0.3) is 0 Å². The molecule has 140 valence electrons. The summed E-state index contributed by atoms with van der Waals surface area (Å²) in [6.07, 6.45) is 0. The lowest BCUT2D eigenvalue weighted by Gasteiger charge is -2.29. The first kappa shape index (κ1) is 21.3. The Bertz CT molecular complexity index is 607. The number of hydrogen-bond donors (Lipinski definition) is 1. The molecule has 7 heteroatoms.